The minimum absolute atomic E-state index is 0.304. The number of aldehydes is 1. The van der Waals surface area contributed by atoms with Gasteiger partial charge in [-0.15, -0.1) is 0 Å². The van der Waals surface area contributed by atoms with E-state index in [0.717, 1.165) is 54.6 Å². The summed E-state index contributed by atoms with van der Waals surface area (Å²) < 4.78 is 10.7. The second-order valence-corrected chi connectivity index (χ2v) is 5.49. The third-order valence-electron chi connectivity index (χ3n) is 4.29. The topological polar surface area (TPSA) is 51.7 Å². The van der Waals surface area contributed by atoms with Gasteiger partial charge in [-0.1, -0.05) is 0 Å². The quantitative estimate of drug-likeness (QED) is 0.813. The van der Waals surface area contributed by atoms with E-state index in [9.17, 15) is 4.79 Å². The average Bonchev–Trinajstić information content (AvgIpc) is 2.60. The van der Waals surface area contributed by atoms with Gasteiger partial charge in [-0.3, -0.25) is 9.78 Å². The van der Waals surface area contributed by atoms with Crippen molar-refractivity contribution in [3.63, 3.8) is 0 Å². The van der Waals surface area contributed by atoms with Crippen LogP contribution in [0.3, 0.4) is 0 Å². The lowest BCUT2D eigenvalue weighted by Crippen LogP contribution is -2.37. The number of benzene rings is 1. The molecule has 0 saturated carbocycles. The third-order valence-corrected chi connectivity index (χ3v) is 4.29. The van der Waals surface area contributed by atoms with E-state index in [1.54, 1.807) is 20.4 Å². The summed E-state index contributed by atoms with van der Waals surface area (Å²) >= 11 is 0. The molecule has 22 heavy (non-hydrogen) atoms. The molecular weight excluding hydrogens is 280 g/mol. The van der Waals surface area contributed by atoms with Crippen molar-refractivity contribution in [3.05, 3.63) is 30.0 Å². The predicted molar refractivity (Wildman–Crippen MR) is 85.9 cm³/mol. The monoisotopic (exact) mass is 300 g/mol. The molecule has 0 aliphatic carbocycles. The first-order valence-electron chi connectivity index (χ1n) is 7.46. The largest absolute Gasteiger partial charge is 0.497 e. The molecule has 1 aromatic carbocycles. The first-order chi connectivity index (χ1) is 10.8. The summed E-state index contributed by atoms with van der Waals surface area (Å²) in [7, 11) is 3.39. The van der Waals surface area contributed by atoms with Gasteiger partial charge in [0.2, 0.25) is 0 Å². The van der Waals surface area contributed by atoms with Gasteiger partial charge in [0, 0.05) is 31.8 Å². The maximum absolute atomic E-state index is 11.5. The number of carbonyl (C=O) groups excluding carboxylic acids is 1. The van der Waals surface area contributed by atoms with Crippen molar-refractivity contribution in [1.82, 2.24) is 4.98 Å². The number of hydrogen-bond acceptors (Lipinski definition) is 5. The molecule has 2 heterocycles. The predicted octanol–water partition coefficient (Wildman–Crippen LogP) is 2.67. The van der Waals surface area contributed by atoms with E-state index in [4.69, 9.17) is 9.47 Å². The third kappa shape index (κ3) is 2.64. The molecule has 2 aromatic rings. The van der Waals surface area contributed by atoms with Gasteiger partial charge in [-0.25, -0.2) is 0 Å². The van der Waals surface area contributed by atoms with Crippen LogP contribution in [-0.2, 0) is 4.74 Å². The van der Waals surface area contributed by atoms with Crippen LogP contribution < -0.4 is 9.64 Å². The van der Waals surface area contributed by atoms with E-state index in [0.29, 0.717) is 11.7 Å². The van der Waals surface area contributed by atoms with Gasteiger partial charge in [-0.2, -0.15) is 0 Å². The zero-order valence-corrected chi connectivity index (χ0v) is 12.9. The van der Waals surface area contributed by atoms with Gasteiger partial charge < -0.3 is 14.4 Å². The molecule has 5 nitrogen and oxygen atoms in total. The molecule has 1 fully saturated rings. The number of rotatable bonds is 4. The van der Waals surface area contributed by atoms with E-state index in [2.05, 4.69) is 9.88 Å². The van der Waals surface area contributed by atoms with Crippen LogP contribution >= 0.6 is 0 Å². The standard InChI is InChI=1S/C17H20N2O3/c1-21-13-5-7-19(8-6-13)17-12(11-20)10-18-16-4-3-14(22-2)9-15(16)17/h3-4,9-11,13H,5-8H2,1-2H3. The maximum Gasteiger partial charge on any atom is 0.153 e. The van der Waals surface area contributed by atoms with Crippen LogP contribution in [0.2, 0.25) is 0 Å². The molecule has 1 aliphatic heterocycles. The highest BCUT2D eigenvalue weighted by atomic mass is 16.5. The highest BCUT2D eigenvalue weighted by molar-refractivity contribution is 6.01. The lowest BCUT2D eigenvalue weighted by atomic mass is 10.0. The van der Waals surface area contributed by atoms with E-state index in [-0.39, 0.29) is 0 Å². The zero-order chi connectivity index (χ0) is 15.5. The molecule has 0 bridgehead atoms. The molecule has 0 amide bonds. The second-order valence-electron chi connectivity index (χ2n) is 5.49. The summed E-state index contributed by atoms with van der Waals surface area (Å²) in [5.41, 5.74) is 2.44. The SMILES string of the molecule is COc1ccc2ncc(C=O)c(N3CCC(OC)CC3)c2c1. The summed E-state index contributed by atoms with van der Waals surface area (Å²) in [6.07, 6.45) is 4.76. The minimum Gasteiger partial charge on any atom is -0.497 e. The van der Waals surface area contributed by atoms with Crippen LogP contribution in [0.25, 0.3) is 10.9 Å². The van der Waals surface area contributed by atoms with E-state index in [1.807, 2.05) is 18.2 Å². The van der Waals surface area contributed by atoms with Gasteiger partial charge in [0.1, 0.15) is 5.75 Å². The van der Waals surface area contributed by atoms with Crippen LogP contribution in [0.1, 0.15) is 23.2 Å². The Morgan fingerprint density at radius 2 is 2.05 bits per heavy atom. The number of pyridine rings is 1. The van der Waals surface area contributed by atoms with Crippen molar-refractivity contribution in [1.29, 1.82) is 0 Å². The number of aromatic nitrogens is 1. The Kier molecular flexibility index (Phi) is 4.24. The first-order valence-corrected chi connectivity index (χ1v) is 7.46. The molecule has 0 unspecified atom stereocenters. The molecular formula is C17H20N2O3. The van der Waals surface area contributed by atoms with Gasteiger partial charge in [-0.05, 0) is 31.0 Å². The zero-order valence-electron chi connectivity index (χ0n) is 12.9. The Labute approximate surface area is 129 Å². The average molecular weight is 300 g/mol. The highest BCUT2D eigenvalue weighted by Gasteiger charge is 2.22. The summed E-state index contributed by atoms with van der Waals surface area (Å²) in [4.78, 5) is 18.1. The second kappa shape index (κ2) is 6.32. The smallest absolute Gasteiger partial charge is 0.153 e. The number of hydrogen-bond donors (Lipinski definition) is 0. The summed E-state index contributed by atoms with van der Waals surface area (Å²) in [5, 5.41) is 0.958. The molecule has 1 aromatic heterocycles. The Hall–Kier alpha value is -2.14. The Balaban J connectivity index is 2.07. The Morgan fingerprint density at radius 1 is 1.27 bits per heavy atom. The number of fused-ring (bicyclic) bond motifs is 1. The summed E-state index contributed by atoms with van der Waals surface area (Å²) in [6.45, 7) is 1.74. The number of anilines is 1. The van der Waals surface area contributed by atoms with Crippen LogP contribution in [0, 0.1) is 0 Å². The fourth-order valence-corrected chi connectivity index (χ4v) is 3.05. The van der Waals surface area contributed by atoms with E-state index in [1.165, 1.54) is 0 Å². The molecule has 3 rings (SSSR count). The van der Waals surface area contributed by atoms with Crippen LogP contribution in [0.5, 0.6) is 5.75 Å². The van der Waals surface area contributed by atoms with Crippen molar-refractivity contribution in [2.75, 3.05) is 32.2 Å². The maximum atomic E-state index is 11.5. The van der Waals surface area contributed by atoms with Crippen molar-refractivity contribution >= 4 is 22.9 Å². The molecule has 0 radical (unpaired) electrons. The molecule has 116 valence electrons. The molecule has 0 atom stereocenters. The highest BCUT2D eigenvalue weighted by Crippen LogP contribution is 2.33. The van der Waals surface area contributed by atoms with Gasteiger partial charge in [0.25, 0.3) is 0 Å². The number of methoxy groups -OCH3 is 2. The Morgan fingerprint density at radius 3 is 2.68 bits per heavy atom. The van der Waals surface area contributed by atoms with Crippen molar-refractivity contribution in [3.8, 4) is 5.75 Å². The van der Waals surface area contributed by atoms with Gasteiger partial charge in [0.15, 0.2) is 6.29 Å². The number of piperidine rings is 1. The number of ether oxygens (including phenoxy) is 2. The van der Waals surface area contributed by atoms with Gasteiger partial charge >= 0.3 is 0 Å². The van der Waals surface area contributed by atoms with E-state index < -0.39 is 0 Å². The molecule has 5 heteroatoms. The molecule has 1 saturated heterocycles. The summed E-state index contributed by atoms with van der Waals surface area (Å²) in [5.74, 6) is 0.769. The van der Waals surface area contributed by atoms with Crippen molar-refractivity contribution in [2.45, 2.75) is 18.9 Å². The van der Waals surface area contributed by atoms with Crippen LogP contribution in [0.4, 0.5) is 5.69 Å². The van der Waals surface area contributed by atoms with Crippen LogP contribution in [-0.4, -0.2) is 44.7 Å². The van der Waals surface area contributed by atoms with E-state index >= 15 is 0 Å². The fraction of sp³-hybridized carbons (Fsp3) is 0.412. The summed E-state index contributed by atoms with van der Waals surface area (Å²) in [6, 6.07) is 5.76. The van der Waals surface area contributed by atoms with Crippen LogP contribution in [0.15, 0.2) is 24.4 Å². The first kappa shape index (κ1) is 14.8. The van der Waals surface area contributed by atoms with Gasteiger partial charge in [0.05, 0.1) is 30.0 Å². The Bertz CT molecular complexity index is 679. The molecule has 0 N–H and O–H groups in total. The van der Waals surface area contributed by atoms with Crippen molar-refractivity contribution < 1.29 is 14.3 Å². The number of carbonyl (C=O) groups is 1. The minimum atomic E-state index is 0.304. The molecule has 1 aliphatic rings. The number of nitrogens with zero attached hydrogens (tertiary/aromatic N) is 2. The lowest BCUT2D eigenvalue weighted by Gasteiger charge is -2.34. The molecule has 0 spiro atoms. The fourth-order valence-electron chi connectivity index (χ4n) is 3.05. The van der Waals surface area contributed by atoms with Crippen molar-refractivity contribution in [2.24, 2.45) is 0 Å². The normalized spacial score (nSPS) is 16.0. The lowest BCUT2D eigenvalue weighted by molar-refractivity contribution is 0.0819.